The van der Waals surface area contributed by atoms with Gasteiger partial charge >= 0.3 is 7.12 Å². The van der Waals surface area contributed by atoms with Gasteiger partial charge in [-0.25, -0.2) is 0 Å². The molecule has 0 radical (unpaired) electrons. The Balaban J connectivity index is 2.80. The molecule has 0 bridgehead atoms. The average molecular weight is 236 g/mol. The molecule has 0 aliphatic carbocycles. The summed E-state index contributed by atoms with van der Waals surface area (Å²) in [4.78, 5) is 0. The Morgan fingerprint density at radius 3 is 1.76 bits per heavy atom. The highest BCUT2D eigenvalue weighted by Gasteiger charge is 2.21. The van der Waals surface area contributed by atoms with Crippen molar-refractivity contribution in [3.05, 3.63) is 29.8 Å². The fourth-order valence-electron chi connectivity index (χ4n) is 2.19. The fourth-order valence-corrected chi connectivity index (χ4v) is 2.19. The molecule has 4 heteroatoms. The number of nitrogens with zero attached hydrogens (tertiary/aromatic N) is 1. The molecule has 17 heavy (non-hydrogen) atoms. The van der Waals surface area contributed by atoms with Crippen molar-refractivity contribution in [2.24, 2.45) is 0 Å². The van der Waals surface area contributed by atoms with Crippen LogP contribution in [0.4, 0.5) is 0 Å². The van der Waals surface area contributed by atoms with Gasteiger partial charge in [-0.2, -0.15) is 0 Å². The van der Waals surface area contributed by atoms with Crippen LogP contribution in [0, 0.1) is 0 Å². The predicted molar refractivity (Wildman–Crippen MR) is 71.9 cm³/mol. The van der Waals surface area contributed by atoms with Crippen LogP contribution in [0.1, 0.15) is 26.3 Å². The summed E-state index contributed by atoms with van der Waals surface area (Å²) in [5.74, 6) is 0. The molecule has 0 aliphatic heterocycles. The van der Waals surface area contributed by atoms with Crippen molar-refractivity contribution >= 4 is 12.6 Å². The quantitative estimate of drug-likeness (QED) is 0.565. The molecule has 0 heterocycles. The molecule has 1 aromatic rings. The highest BCUT2D eigenvalue weighted by Crippen LogP contribution is 2.13. The second-order valence-electron chi connectivity index (χ2n) is 4.56. The minimum atomic E-state index is -1.37. The molecule has 94 valence electrons. The van der Waals surface area contributed by atoms with Crippen LogP contribution in [0.25, 0.3) is 0 Å². The van der Waals surface area contributed by atoms with Gasteiger partial charge in [0.2, 0.25) is 0 Å². The lowest BCUT2D eigenvalue weighted by Gasteiger charge is -2.35. The van der Waals surface area contributed by atoms with Crippen molar-refractivity contribution in [1.82, 2.24) is 0 Å². The zero-order chi connectivity index (χ0) is 12.9. The summed E-state index contributed by atoms with van der Waals surface area (Å²) >= 11 is 0. The van der Waals surface area contributed by atoms with E-state index in [2.05, 4.69) is 20.8 Å². The lowest BCUT2D eigenvalue weighted by molar-refractivity contribution is -0.936. The van der Waals surface area contributed by atoms with Crippen LogP contribution in [-0.2, 0) is 6.54 Å². The third kappa shape index (κ3) is 3.56. The number of quaternary nitrogens is 1. The minimum absolute atomic E-state index is 0.552. The molecule has 0 saturated carbocycles. The molecule has 0 saturated heterocycles. The Kier molecular flexibility index (Phi) is 5.18. The topological polar surface area (TPSA) is 40.5 Å². The van der Waals surface area contributed by atoms with E-state index in [-0.39, 0.29) is 0 Å². The Morgan fingerprint density at radius 1 is 0.941 bits per heavy atom. The predicted octanol–water partition coefficient (Wildman–Crippen LogP) is 0.743. The van der Waals surface area contributed by atoms with Crippen LogP contribution in [0.3, 0.4) is 0 Å². The molecular weight excluding hydrogens is 213 g/mol. The molecule has 1 rings (SSSR count). The van der Waals surface area contributed by atoms with Crippen molar-refractivity contribution in [3.63, 3.8) is 0 Å². The number of rotatable bonds is 6. The van der Waals surface area contributed by atoms with E-state index in [1.54, 1.807) is 12.1 Å². The molecule has 0 amide bonds. The second kappa shape index (κ2) is 6.19. The molecule has 0 fully saturated rings. The smallest absolute Gasteiger partial charge is 0.423 e. The van der Waals surface area contributed by atoms with Gasteiger partial charge in [-0.15, -0.1) is 0 Å². The highest BCUT2D eigenvalue weighted by molar-refractivity contribution is 6.58. The van der Waals surface area contributed by atoms with Crippen LogP contribution in [0.5, 0.6) is 0 Å². The number of benzene rings is 1. The summed E-state index contributed by atoms with van der Waals surface area (Å²) in [5, 5.41) is 18.1. The second-order valence-corrected chi connectivity index (χ2v) is 4.56. The standard InChI is InChI=1S/C13H23BNO2/c1-4-15(5-2,6-3)11-12-7-9-13(10-8-12)14(16)17/h7-10,16-17H,4-6,11H2,1-3H3/q+1. The SMILES string of the molecule is CC[N+](CC)(CC)Cc1ccc(B(O)O)cc1. The van der Waals surface area contributed by atoms with Gasteiger partial charge in [-0.05, 0) is 26.2 Å². The normalized spacial score (nSPS) is 11.6. The van der Waals surface area contributed by atoms with Crippen LogP contribution in [-0.4, -0.2) is 41.3 Å². The van der Waals surface area contributed by atoms with Gasteiger partial charge in [-0.1, -0.05) is 24.3 Å². The van der Waals surface area contributed by atoms with Crippen molar-refractivity contribution in [3.8, 4) is 0 Å². The maximum absolute atomic E-state index is 9.04. The summed E-state index contributed by atoms with van der Waals surface area (Å²) < 4.78 is 1.07. The third-order valence-electron chi connectivity index (χ3n) is 3.81. The number of hydrogen-bond donors (Lipinski definition) is 2. The van der Waals surface area contributed by atoms with Gasteiger partial charge in [0, 0.05) is 5.56 Å². The molecule has 0 atom stereocenters. The summed E-state index contributed by atoms with van der Waals surface area (Å²) in [5.41, 5.74) is 1.80. The molecule has 1 aromatic carbocycles. The Bertz CT molecular complexity index is 326. The highest BCUT2D eigenvalue weighted by atomic mass is 16.4. The minimum Gasteiger partial charge on any atom is -0.423 e. The molecular formula is C13H23BNO2+. The van der Waals surface area contributed by atoms with Crippen LogP contribution >= 0.6 is 0 Å². The maximum atomic E-state index is 9.04. The Hall–Kier alpha value is -0.835. The first kappa shape index (κ1) is 14.2. The number of hydrogen-bond acceptors (Lipinski definition) is 2. The monoisotopic (exact) mass is 236 g/mol. The Labute approximate surface area is 104 Å². The Morgan fingerprint density at radius 2 is 1.41 bits per heavy atom. The van der Waals surface area contributed by atoms with E-state index in [9.17, 15) is 0 Å². The van der Waals surface area contributed by atoms with Crippen molar-refractivity contribution in [1.29, 1.82) is 0 Å². The van der Waals surface area contributed by atoms with Gasteiger partial charge in [0.15, 0.2) is 0 Å². The summed E-state index contributed by atoms with van der Waals surface area (Å²) in [6.07, 6.45) is 0. The third-order valence-corrected chi connectivity index (χ3v) is 3.81. The van der Waals surface area contributed by atoms with Crippen molar-refractivity contribution in [2.45, 2.75) is 27.3 Å². The summed E-state index contributed by atoms with van der Waals surface area (Å²) in [6.45, 7) is 11.0. The van der Waals surface area contributed by atoms with Crippen LogP contribution in [0.2, 0.25) is 0 Å². The van der Waals surface area contributed by atoms with E-state index in [0.717, 1.165) is 30.7 Å². The molecule has 0 unspecified atom stereocenters. The van der Waals surface area contributed by atoms with E-state index in [1.165, 1.54) is 5.56 Å². The lowest BCUT2D eigenvalue weighted by atomic mass is 9.80. The van der Waals surface area contributed by atoms with Crippen molar-refractivity contribution < 1.29 is 14.5 Å². The zero-order valence-electron chi connectivity index (χ0n) is 11.1. The van der Waals surface area contributed by atoms with E-state index >= 15 is 0 Å². The summed E-state index contributed by atoms with van der Waals surface area (Å²) in [7, 11) is -1.37. The molecule has 0 aromatic heterocycles. The maximum Gasteiger partial charge on any atom is 0.488 e. The molecule has 0 aliphatic rings. The molecule has 2 N–H and O–H groups in total. The first-order chi connectivity index (χ1) is 8.06. The van der Waals surface area contributed by atoms with Crippen molar-refractivity contribution in [2.75, 3.05) is 19.6 Å². The summed E-state index contributed by atoms with van der Waals surface area (Å²) in [6, 6.07) is 7.55. The zero-order valence-corrected chi connectivity index (χ0v) is 11.1. The van der Waals surface area contributed by atoms with Crippen LogP contribution in [0.15, 0.2) is 24.3 Å². The first-order valence-electron chi connectivity index (χ1n) is 6.37. The van der Waals surface area contributed by atoms with Gasteiger partial charge in [0.1, 0.15) is 6.54 Å². The average Bonchev–Trinajstić information content (AvgIpc) is 2.37. The van der Waals surface area contributed by atoms with Gasteiger partial charge in [0.05, 0.1) is 19.6 Å². The largest absolute Gasteiger partial charge is 0.488 e. The van der Waals surface area contributed by atoms with Crippen LogP contribution < -0.4 is 5.46 Å². The van der Waals surface area contributed by atoms with E-state index in [0.29, 0.717) is 5.46 Å². The molecule has 3 nitrogen and oxygen atoms in total. The fraction of sp³-hybridized carbons (Fsp3) is 0.538. The first-order valence-corrected chi connectivity index (χ1v) is 6.37. The lowest BCUT2D eigenvalue weighted by Crippen LogP contribution is -2.46. The van der Waals surface area contributed by atoms with Gasteiger partial charge in [0.25, 0.3) is 0 Å². The van der Waals surface area contributed by atoms with Gasteiger partial charge < -0.3 is 14.5 Å². The van der Waals surface area contributed by atoms with E-state index < -0.39 is 7.12 Å². The van der Waals surface area contributed by atoms with E-state index in [1.807, 2.05) is 12.1 Å². The molecule has 0 spiro atoms. The van der Waals surface area contributed by atoms with Gasteiger partial charge in [-0.3, -0.25) is 0 Å². The van der Waals surface area contributed by atoms with E-state index in [4.69, 9.17) is 10.0 Å².